The van der Waals surface area contributed by atoms with Gasteiger partial charge in [-0.1, -0.05) is 18.2 Å². The standard InChI is InChI=1S/C18H18F3NO2S/c1-12-7-8-14(11-13(12)2)25-10-9-17(23)22-15-5-3-4-6-16(15)24-18(19,20)21/h3-8,11H,9-10H2,1-2H3,(H,22,23). The Bertz CT molecular complexity index is 747. The van der Waals surface area contributed by atoms with Crippen molar-refractivity contribution in [2.75, 3.05) is 11.1 Å². The van der Waals surface area contributed by atoms with Crippen LogP contribution in [0.2, 0.25) is 0 Å². The van der Waals surface area contributed by atoms with E-state index in [9.17, 15) is 18.0 Å². The molecule has 25 heavy (non-hydrogen) atoms. The van der Waals surface area contributed by atoms with E-state index in [4.69, 9.17) is 0 Å². The Hall–Kier alpha value is -2.15. The molecule has 2 aromatic carbocycles. The summed E-state index contributed by atoms with van der Waals surface area (Å²) >= 11 is 1.52. The summed E-state index contributed by atoms with van der Waals surface area (Å²) in [4.78, 5) is 13.0. The number of hydrogen-bond acceptors (Lipinski definition) is 3. The molecule has 2 rings (SSSR count). The average Bonchev–Trinajstić information content (AvgIpc) is 2.51. The Balaban J connectivity index is 1.89. The lowest BCUT2D eigenvalue weighted by atomic mass is 10.1. The van der Waals surface area contributed by atoms with Gasteiger partial charge in [-0.2, -0.15) is 0 Å². The van der Waals surface area contributed by atoms with Gasteiger partial charge in [-0.25, -0.2) is 0 Å². The predicted octanol–water partition coefficient (Wildman–Crippen LogP) is 5.32. The largest absolute Gasteiger partial charge is 0.573 e. The van der Waals surface area contributed by atoms with Gasteiger partial charge in [-0.3, -0.25) is 4.79 Å². The monoisotopic (exact) mass is 369 g/mol. The molecule has 0 saturated carbocycles. The number of thioether (sulfide) groups is 1. The number of alkyl halides is 3. The smallest absolute Gasteiger partial charge is 0.404 e. The number of rotatable bonds is 6. The van der Waals surface area contributed by atoms with Crippen molar-refractivity contribution in [1.82, 2.24) is 0 Å². The van der Waals surface area contributed by atoms with E-state index in [1.165, 1.54) is 41.1 Å². The molecule has 7 heteroatoms. The number of anilines is 1. The SMILES string of the molecule is Cc1ccc(SCCC(=O)Nc2ccccc2OC(F)(F)F)cc1C. The van der Waals surface area contributed by atoms with Crippen molar-refractivity contribution in [3.05, 3.63) is 53.6 Å². The summed E-state index contributed by atoms with van der Waals surface area (Å²) in [5, 5.41) is 2.46. The average molecular weight is 369 g/mol. The number of nitrogens with one attached hydrogen (secondary N) is 1. The summed E-state index contributed by atoms with van der Waals surface area (Å²) in [6.07, 6.45) is -4.63. The second-order valence-corrected chi connectivity index (χ2v) is 6.60. The number of aryl methyl sites for hydroxylation is 2. The van der Waals surface area contributed by atoms with Crippen molar-refractivity contribution >= 4 is 23.4 Å². The van der Waals surface area contributed by atoms with Gasteiger partial charge < -0.3 is 10.1 Å². The summed E-state index contributed by atoms with van der Waals surface area (Å²) in [5.74, 6) is -0.267. The van der Waals surface area contributed by atoms with Crippen molar-refractivity contribution in [2.24, 2.45) is 0 Å². The first-order valence-corrected chi connectivity index (χ1v) is 8.58. The minimum Gasteiger partial charge on any atom is -0.404 e. The number of carbonyl (C=O) groups is 1. The lowest BCUT2D eigenvalue weighted by molar-refractivity contribution is -0.274. The van der Waals surface area contributed by atoms with Gasteiger partial charge in [0.05, 0.1) is 5.69 Å². The highest BCUT2D eigenvalue weighted by molar-refractivity contribution is 7.99. The highest BCUT2D eigenvalue weighted by atomic mass is 32.2. The van der Waals surface area contributed by atoms with Crippen LogP contribution in [0.3, 0.4) is 0 Å². The first-order valence-electron chi connectivity index (χ1n) is 7.59. The Kier molecular flexibility index (Phi) is 6.36. The van der Waals surface area contributed by atoms with Gasteiger partial charge in [0.2, 0.25) is 5.91 Å². The molecule has 0 bridgehead atoms. The van der Waals surface area contributed by atoms with E-state index in [0.29, 0.717) is 5.75 Å². The van der Waals surface area contributed by atoms with E-state index in [2.05, 4.69) is 10.1 Å². The zero-order valence-electron chi connectivity index (χ0n) is 13.8. The Morgan fingerprint density at radius 1 is 1.12 bits per heavy atom. The van der Waals surface area contributed by atoms with Gasteiger partial charge in [0.1, 0.15) is 0 Å². The van der Waals surface area contributed by atoms with Gasteiger partial charge in [0.15, 0.2) is 5.75 Å². The van der Waals surface area contributed by atoms with E-state index in [1.54, 1.807) is 0 Å². The molecular weight excluding hydrogens is 351 g/mol. The number of hydrogen-bond donors (Lipinski definition) is 1. The molecule has 0 atom stereocenters. The lowest BCUT2D eigenvalue weighted by Gasteiger charge is -2.13. The maximum atomic E-state index is 12.4. The quantitative estimate of drug-likeness (QED) is 0.700. The van der Waals surface area contributed by atoms with Gasteiger partial charge in [-0.15, -0.1) is 24.9 Å². The minimum atomic E-state index is -4.81. The van der Waals surface area contributed by atoms with Crippen LogP contribution in [0.5, 0.6) is 5.75 Å². The molecule has 0 heterocycles. The molecule has 1 N–H and O–H groups in total. The van der Waals surface area contributed by atoms with Gasteiger partial charge >= 0.3 is 6.36 Å². The van der Waals surface area contributed by atoms with Crippen LogP contribution in [0.15, 0.2) is 47.4 Å². The second kappa shape index (κ2) is 8.29. The molecule has 0 spiro atoms. The Labute approximate surface area is 148 Å². The van der Waals surface area contributed by atoms with E-state index in [1.807, 2.05) is 32.0 Å². The van der Waals surface area contributed by atoms with Crippen LogP contribution in [0, 0.1) is 13.8 Å². The maximum Gasteiger partial charge on any atom is 0.573 e. The zero-order chi connectivity index (χ0) is 18.4. The van der Waals surface area contributed by atoms with Gasteiger partial charge in [0, 0.05) is 17.1 Å². The molecule has 134 valence electrons. The third kappa shape index (κ3) is 6.34. The van der Waals surface area contributed by atoms with Crippen molar-refractivity contribution in [3.8, 4) is 5.75 Å². The van der Waals surface area contributed by atoms with Crippen LogP contribution >= 0.6 is 11.8 Å². The molecular formula is C18H18F3NO2S. The summed E-state index contributed by atoms with van der Waals surface area (Å²) in [5.41, 5.74) is 2.37. The van der Waals surface area contributed by atoms with Crippen LogP contribution in [0.4, 0.5) is 18.9 Å². The highest BCUT2D eigenvalue weighted by Crippen LogP contribution is 2.30. The summed E-state index contributed by atoms with van der Waals surface area (Å²) in [6.45, 7) is 4.04. The molecule has 3 nitrogen and oxygen atoms in total. The molecule has 0 radical (unpaired) electrons. The molecule has 0 aromatic heterocycles. The normalized spacial score (nSPS) is 11.2. The van der Waals surface area contributed by atoms with Crippen LogP contribution in [-0.2, 0) is 4.79 Å². The summed E-state index contributed by atoms with van der Waals surface area (Å²) < 4.78 is 41.0. The molecule has 0 aliphatic rings. The van der Waals surface area contributed by atoms with Crippen LogP contribution in [0.1, 0.15) is 17.5 Å². The number of ether oxygens (including phenoxy) is 1. The summed E-state index contributed by atoms with van der Waals surface area (Å²) in [7, 11) is 0. The molecule has 2 aromatic rings. The maximum absolute atomic E-state index is 12.4. The number of halogens is 3. The first-order chi connectivity index (χ1) is 11.7. The summed E-state index contributed by atoms with van der Waals surface area (Å²) in [6, 6.07) is 11.5. The van der Waals surface area contributed by atoms with E-state index in [0.717, 1.165) is 11.0 Å². The molecule has 0 aliphatic heterocycles. The minimum absolute atomic E-state index is 0.000931. The highest BCUT2D eigenvalue weighted by Gasteiger charge is 2.32. The van der Waals surface area contributed by atoms with Crippen molar-refractivity contribution < 1.29 is 22.7 Å². The fourth-order valence-electron chi connectivity index (χ4n) is 2.06. The van der Waals surface area contributed by atoms with Crippen LogP contribution in [0.25, 0.3) is 0 Å². The topological polar surface area (TPSA) is 38.3 Å². The van der Waals surface area contributed by atoms with Gasteiger partial charge in [0.25, 0.3) is 0 Å². The Morgan fingerprint density at radius 2 is 1.84 bits per heavy atom. The lowest BCUT2D eigenvalue weighted by Crippen LogP contribution is -2.19. The van der Waals surface area contributed by atoms with E-state index >= 15 is 0 Å². The van der Waals surface area contributed by atoms with E-state index in [-0.39, 0.29) is 18.0 Å². The molecule has 0 aliphatic carbocycles. The van der Waals surface area contributed by atoms with Crippen LogP contribution in [-0.4, -0.2) is 18.0 Å². The molecule has 0 fully saturated rings. The fraction of sp³-hybridized carbons (Fsp3) is 0.278. The first kappa shape index (κ1) is 19.2. The molecule has 1 amide bonds. The third-order valence-electron chi connectivity index (χ3n) is 3.46. The number of para-hydroxylation sites is 2. The van der Waals surface area contributed by atoms with Crippen molar-refractivity contribution in [2.45, 2.75) is 31.5 Å². The predicted molar refractivity (Wildman–Crippen MR) is 93.0 cm³/mol. The number of amides is 1. The second-order valence-electron chi connectivity index (χ2n) is 5.44. The van der Waals surface area contributed by atoms with E-state index < -0.39 is 12.1 Å². The third-order valence-corrected chi connectivity index (χ3v) is 4.46. The Morgan fingerprint density at radius 3 is 2.52 bits per heavy atom. The van der Waals surface area contributed by atoms with Crippen molar-refractivity contribution in [3.63, 3.8) is 0 Å². The van der Waals surface area contributed by atoms with Crippen LogP contribution < -0.4 is 10.1 Å². The fourth-order valence-corrected chi connectivity index (χ4v) is 3.01. The van der Waals surface area contributed by atoms with Gasteiger partial charge in [-0.05, 0) is 49.2 Å². The van der Waals surface area contributed by atoms with Crippen molar-refractivity contribution in [1.29, 1.82) is 0 Å². The number of carbonyl (C=O) groups excluding carboxylic acids is 1. The molecule has 0 unspecified atom stereocenters. The number of benzene rings is 2. The molecule has 0 saturated heterocycles. The zero-order valence-corrected chi connectivity index (χ0v) is 14.6.